The molecule has 0 bridgehead atoms. The fourth-order valence-electron chi connectivity index (χ4n) is 2.00. The van der Waals surface area contributed by atoms with E-state index in [9.17, 15) is 0 Å². The second kappa shape index (κ2) is 4.51. The molecule has 1 aliphatic rings. The molecule has 0 amide bonds. The van der Waals surface area contributed by atoms with Crippen LogP contribution >= 0.6 is 22.6 Å². The van der Waals surface area contributed by atoms with E-state index >= 15 is 0 Å². The Morgan fingerprint density at radius 3 is 2.50 bits per heavy atom. The van der Waals surface area contributed by atoms with Crippen LogP contribution in [0.25, 0.3) is 0 Å². The Morgan fingerprint density at radius 1 is 1.14 bits per heavy atom. The first kappa shape index (κ1) is 10.3. The molecule has 1 heterocycles. The number of piperidine rings is 1. The number of rotatable bonds is 1. The maximum absolute atomic E-state index is 2.52. The van der Waals surface area contributed by atoms with Gasteiger partial charge in [0.2, 0.25) is 0 Å². The van der Waals surface area contributed by atoms with Crippen molar-refractivity contribution in [2.24, 2.45) is 0 Å². The number of halogens is 1. The van der Waals surface area contributed by atoms with E-state index in [1.165, 1.54) is 47.2 Å². The van der Waals surface area contributed by atoms with Crippen molar-refractivity contribution >= 4 is 28.3 Å². The van der Waals surface area contributed by atoms with Crippen LogP contribution in [0.2, 0.25) is 0 Å². The van der Waals surface area contributed by atoms with Gasteiger partial charge >= 0.3 is 0 Å². The van der Waals surface area contributed by atoms with Gasteiger partial charge in [0.15, 0.2) is 0 Å². The predicted molar refractivity (Wildman–Crippen MR) is 70.0 cm³/mol. The van der Waals surface area contributed by atoms with Gasteiger partial charge in [-0.2, -0.15) is 0 Å². The summed E-state index contributed by atoms with van der Waals surface area (Å²) in [6.07, 6.45) is 4.10. The van der Waals surface area contributed by atoms with E-state index in [1.807, 2.05) is 0 Å². The molecule has 2 heteroatoms. The average Bonchev–Trinajstić information content (AvgIpc) is 2.19. The number of nitrogens with zero attached hydrogens (tertiary/aromatic N) is 1. The lowest BCUT2D eigenvalue weighted by molar-refractivity contribution is 0.577. The van der Waals surface area contributed by atoms with E-state index in [0.717, 1.165) is 0 Å². The van der Waals surface area contributed by atoms with Gasteiger partial charge in [-0.15, -0.1) is 0 Å². The highest BCUT2D eigenvalue weighted by atomic mass is 127. The molecule has 0 saturated carbocycles. The van der Waals surface area contributed by atoms with E-state index < -0.39 is 0 Å². The highest BCUT2D eigenvalue weighted by Gasteiger charge is 2.12. The molecule has 1 nitrogen and oxygen atoms in total. The number of benzene rings is 1. The van der Waals surface area contributed by atoms with Crippen LogP contribution in [-0.4, -0.2) is 13.1 Å². The minimum atomic E-state index is 1.24. The van der Waals surface area contributed by atoms with Crippen LogP contribution < -0.4 is 4.90 Å². The Kier molecular flexibility index (Phi) is 3.31. The summed E-state index contributed by atoms with van der Waals surface area (Å²) in [6, 6.07) is 6.75. The summed E-state index contributed by atoms with van der Waals surface area (Å²) in [5, 5.41) is 0. The minimum absolute atomic E-state index is 1.24. The quantitative estimate of drug-likeness (QED) is 0.717. The third-order valence-corrected chi connectivity index (χ3v) is 3.66. The zero-order valence-electron chi connectivity index (χ0n) is 8.59. The molecule has 0 N–H and O–H groups in total. The van der Waals surface area contributed by atoms with Gasteiger partial charge in [-0.25, -0.2) is 0 Å². The van der Waals surface area contributed by atoms with Gasteiger partial charge in [-0.3, -0.25) is 0 Å². The normalized spacial score (nSPS) is 17.1. The molecule has 2 rings (SSSR count). The summed E-state index contributed by atoms with van der Waals surface area (Å²) >= 11 is 2.45. The first-order valence-electron chi connectivity index (χ1n) is 5.28. The summed E-state index contributed by atoms with van der Waals surface area (Å²) < 4.78 is 1.39. The van der Waals surface area contributed by atoms with E-state index in [4.69, 9.17) is 0 Å². The summed E-state index contributed by atoms with van der Waals surface area (Å²) in [4.78, 5) is 2.52. The lowest BCUT2D eigenvalue weighted by Gasteiger charge is -2.29. The van der Waals surface area contributed by atoms with Gasteiger partial charge < -0.3 is 4.90 Å². The van der Waals surface area contributed by atoms with Crippen molar-refractivity contribution in [3.8, 4) is 0 Å². The number of hydrogen-bond donors (Lipinski definition) is 0. The van der Waals surface area contributed by atoms with Crippen molar-refractivity contribution in [1.82, 2.24) is 0 Å². The maximum atomic E-state index is 2.52. The van der Waals surface area contributed by atoms with E-state index in [-0.39, 0.29) is 0 Å². The first-order chi connectivity index (χ1) is 6.77. The highest BCUT2D eigenvalue weighted by molar-refractivity contribution is 14.1. The fraction of sp³-hybridized carbons (Fsp3) is 0.500. The van der Waals surface area contributed by atoms with Crippen molar-refractivity contribution < 1.29 is 0 Å². The van der Waals surface area contributed by atoms with Gasteiger partial charge in [0.1, 0.15) is 0 Å². The zero-order chi connectivity index (χ0) is 9.97. The van der Waals surface area contributed by atoms with E-state index in [1.54, 1.807) is 0 Å². The third kappa shape index (κ3) is 2.22. The van der Waals surface area contributed by atoms with E-state index in [2.05, 4.69) is 52.6 Å². The van der Waals surface area contributed by atoms with Gasteiger partial charge in [-0.05, 0) is 66.5 Å². The van der Waals surface area contributed by atoms with E-state index in [0.29, 0.717) is 0 Å². The molecule has 0 aromatic heterocycles. The zero-order valence-corrected chi connectivity index (χ0v) is 10.8. The van der Waals surface area contributed by atoms with Crippen LogP contribution in [0.3, 0.4) is 0 Å². The van der Waals surface area contributed by atoms with Gasteiger partial charge in [0.05, 0.1) is 5.69 Å². The molecule has 0 atom stereocenters. The first-order valence-corrected chi connectivity index (χ1v) is 6.36. The van der Waals surface area contributed by atoms with Crippen LogP contribution in [0.15, 0.2) is 18.2 Å². The predicted octanol–water partition coefficient (Wildman–Crippen LogP) is 3.59. The SMILES string of the molecule is Cc1ccc(N2CCCCC2)c(I)c1. The second-order valence-electron chi connectivity index (χ2n) is 4.00. The van der Waals surface area contributed by atoms with Crippen molar-refractivity contribution in [3.63, 3.8) is 0 Å². The molecule has 1 aromatic rings. The Hall–Kier alpha value is -0.250. The van der Waals surface area contributed by atoms with Gasteiger partial charge in [0.25, 0.3) is 0 Å². The van der Waals surface area contributed by atoms with Crippen LogP contribution in [0.5, 0.6) is 0 Å². The molecule has 0 unspecified atom stereocenters. The lowest BCUT2D eigenvalue weighted by atomic mass is 10.1. The Bertz CT molecular complexity index is 316. The van der Waals surface area contributed by atoms with Crippen molar-refractivity contribution in [1.29, 1.82) is 0 Å². The molecule has 0 aliphatic carbocycles. The minimum Gasteiger partial charge on any atom is -0.371 e. The molecule has 14 heavy (non-hydrogen) atoms. The summed E-state index contributed by atoms with van der Waals surface area (Å²) in [7, 11) is 0. The Labute approximate surface area is 99.6 Å². The Morgan fingerprint density at radius 2 is 1.86 bits per heavy atom. The molecule has 1 fully saturated rings. The summed E-state index contributed by atoms with van der Waals surface area (Å²) in [6.45, 7) is 4.63. The molecule has 0 spiro atoms. The molecular weight excluding hydrogens is 285 g/mol. The molecular formula is C12H16IN. The monoisotopic (exact) mass is 301 g/mol. The third-order valence-electron chi connectivity index (χ3n) is 2.80. The van der Waals surface area contributed by atoms with Crippen LogP contribution in [0.4, 0.5) is 5.69 Å². The standard InChI is InChI=1S/C12H16IN/c1-10-5-6-12(11(13)9-10)14-7-3-2-4-8-14/h5-6,9H,2-4,7-8H2,1H3. The molecule has 0 radical (unpaired) electrons. The van der Waals surface area contributed by atoms with Gasteiger partial charge in [0, 0.05) is 16.7 Å². The number of hydrogen-bond acceptors (Lipinski definition) is 1. The highest BCUT2D eigenvalue weighted by Crippen LogP contribution is 2.26. The number of anilines is 1. The summed E-state index contributed by atoms with van der Waals surface area (Å²) in [5.41, 5.74) is 2.78. The molecule has 1 aliphatic heterocycles. The second-order valence-corrected chi connectivity index (χ2v) is 5.16. The van der Waals surface area contributed by atoms with Crippen molar-refractivity contribution in [2.45, 2.75) is 26.2 Å². The smallest absolute Gasteiger partial charge is 0.0502 e. The fourth-order valence-corrected chi connectivity index (χ4v) is 3.02. The van der Waals surface area contributed by atoms with Gasteiger partial charge in [-0.1, -0.05) is 6.07 Å². The van der Waals surface area contributed by atoms with Crippen molar-refractivity contribution in [3.05, 3.63) is 27.3 Å². The van der Waals surface area contributed by atoms with Crippen molar-refractivity contribution in [2.75, 3.05) is 18.0 Å². The average molecular weight is 301 g/mol. The maximum Gasteiger partial charge on any atom is 0.0502 e. The number of aryl methyl sites for hydroxylation is 1. The van der Waals surface area contributed by atoms with Crippen LogP contribution in [0, 0.1) is 10.5 Å². The van der Waals surface area contributed by atoms with Crippen LogP contribution in [-0.2, 0) is 0 Å². The molecule has 76 valence electrons. The topological polar surface area (TPSA) is 3.24 Å². The molecule has 1 aromatic carbocycles. The van der Waals surface area contributed by atoms with Crippen LogP contribution in [0.1, 0.15) is 24.8 Å². The Balaban J connectivity index is 2.22. The summed E-state index contributed by atoms with van der Waals surface area (Å²) in [5.74, 6) is 0. The largest absolute Gasteiger partial charge is 0.371 e. The lowest BCUT2D eigenvalue weighted by Crippen LogP contribution is -2.29. The molecule has 1 saturated heterocycles.